The minimum absolute atomic E-state index is 0.845. The second-order valence-electron chi connectivity index (χ2n) is 8.48. The van der Waals surface area contributed by atoms with Crippen LogP contribution in [0.2, 0.25) is 0 Å². The first-order valence-corrected chi connectivity index (χ1v) is 13.6. The van der Waals surface area contributed by atoms with Crippen molar-refractivity contribution in [3.63, 3.8) is 0 Å². The number of hydrogen-bond donors (Lipinski definition) is 0. The van der Waals surface area contributed by atoms with Gasteiger partial charge in [0.25, 0.3) is 0 Å². The lowest BCUT2D eigenvalue weighted by atomic mass is 10.0. The van der Waals surface area contributed by atoms with E-state index in [0.29, 0.717) is 0 Å². The van der Waals surface area contributed by atoms with E-state index in [1.165, 1.54) is 33.0 Å². The van der Waals surface area contributed by atoms with E-state index < -0.39 is 0 Å². The normalized spacial score (nSPS) is 9.84. The lowest BCUT2D eigenvalue weighted by Crippen LogP contribution is -1.96. The van der Waals surface area contributed by atoms with Crippen LogP contribution in [-0.2, 0) is 6.42 Å². The number of thiophene rings is 1. The van der Waals surface area contributed by atoms with Gasteiger partial charge in [0.1, 0.15) is 5.75 Å². The van der Waals surface area contributed by atoms with E-state index in [9.17, 15) is 0 Å². The fourth-order valence-corrected chi connectivity index (χ4v) is 4.96. The number of benzene rings is 4. The number of aryl methyl sites for hydroxylation is 1. The second kappa shape index (κ2) is 15.2. The van der Waals surface area contributed by atoms with Gasteiger partial charge in [-0.2, -0.15) is 0 Å². The number of ether oxygens (including phenoxy) is 1. The third kappa shape index (κ3) is 8.28. The lowest BCUT2D eigenvalue weighted by molar-refractivity contribution is 0.306. The Morgan fingerprint density at radius 3 is 1.89 bits per heavy atom. The van der Waals surface area contributed by atoms with Crippen molar-refractivity contribution in [3.05, 3.63) is 114 Å². The summed E-state index contributed by atoms with van der Waals surface area (Å²) in [5.41, 5.74) is 2.98. The molecular formula is C35H34OS. The number of para-hydroxylation sites is 1. The molecule has 0 aliphatic rings. The third-order valence-corrected chi connectivity index (χ3v) is 7.00. The Morgan fingerprint density at radius 2 is 1.32 bits per heavy atom. The van der Waals surface area contributed by atoms with Crippen LogP contribution in [-0.4, -0.2) is 6.61 Å². The average Bonchev–Trinajstić information content (AvgIpc) is 3.35. The predicted octanol–water partition coefficient (Wildman–Crippen LogP) is 9.52. The van der Waals surface area contributed by atoms with Gasteiger partial charge in [0.15, 0.2) is 0 Å². The molecule has 5 aromatic rings. The number of hydrogen-bond acceptors (Lipinski definition) is 2. The van der Waals surface area contributed by atoms with Crippen LogP contribution in [0.1, 0.15) is 49.8 Å². The molecule has 37 heavy (non-hydrogen) atoms. The van der Waals surface area contributed by atoms with Crippen LogP contribution >= 0.6 is 11.3 Å². The van der Waals surface area contributed by atoms with E-state index in [4.69, 9.17) is 17.6 Å². The van der Waals surface area contributed by atoms with E-state index >= 15 is 0 Å². The zero-order valence-electron chi connectivity index (χ0n) is 21.7. The molecule has 4 aromatic carbocycles. The first-order chi connectivity index (χ1) is 18.2. The van der Waals surface area contributed by atoms with E-state index in [-0.39, 0.29) is 0 Å². The summed E-state index contributed by atoms with van der Waals surface area (Å²) in [6.07, 6.45) is 15.2. The summed E-state index contributed by atoms with van der Waals surface area (Å²) < 4.78 is 8.26. The van der Waals surface area contributed by atoms with Gasteiger partial charge in [-0.1, -0.05) is 93.1 Å². The zero-order valence-corrected chi connectivity index (χ0v) is 22.6. The van der Waals surface area contributed by atoms with Crippen molar-refractivity contribution >= 4 is 31.5 Å². The fourth-order valence-electron chi connectivity index (χ4n) is 3.85. The van der Waals surface area contributed by atoms with Gasteiger partial charge in [0, 0.05) is 31.3 Å². The van der Waals surface area contributed by atoms with Crippen molar-refractivity contribution in [1.29, 1.82) is 0 Å². The molecule has 0 amide bonds. The highest BCUT2D eigenvalue weighted by Gasteiger charge is 2.01. The maximum Gasteiger partial charge on any atom is 0.119 e. The van der Waals surface area contributed by atoms with Crippen molar-refractivity contribution in [1.82, 2.24) is 0 Å². The highest BCUT2D eigenvalue weighted by atomic mass is 32.1. The average molecular weight is 503 g/mol. The molecule has 0 radical (unpaired) electrons. The molecule has 0 saturated carbocycles. The van der Waals surface area contributed by atoms with E-state index in [0.717, 1.165) is 41.9 Å². The summed E-state index contributed by atoms with van der Waals surface area (Å²) in [6.45, 7) is 5.11. The molecule has 0 aliphatic carbocycles. The molecule has 0 unspecified atom stereocenters. The Labute approximate surface area is 226 Å². The molecule has 1 nitrogen and oxygen atoms in total. The Morgan fingerprint density at radius 1 is 0.703 bits per heavy atom. The van der Waals surface area contributed by atoms with Crippen molar-refractivity contribution in [2.45, 2.75) is 39.5 Å². The highest BCUT2D eigenvalue weighted by Crippen LogP contribution is 2.32. The van der Waals surface area contributed by atoms with Crippen LogP contribution < -0.4 is 4.74 Å². The minimum Gasteiger partial charge on any atom is -0.494 e. The van der Waals surface area contributed by atoms with Crippen LogP contribution in [0.3, 0.4) is 0 Å². The Hall–Kier alpha value is -3.98. The Kier molecular flexibility index (Phi) is 11.3. The number of unbranched alkanes of at least 4 members (excludes halogenated alkanes) is 2. The van der Waals surface area contributed by atoms with Gasteiger partial charge < -0.3 is 4.74 Å². The summed E-state index contributed by atoms with van der Waals surface area (Å²) >= 11 is 1.86. The molecule has 2 heteroatoms. The zero-order chi connectivity index (χ0) is 26.3. The molecule has 5 rings (SSSR count). The quantitative estimate of drug-likeness (QED) is 0.166. The van der Waals surface area contributed by atoms with Gasteiger partial charge in [-0.25, -0.2) is 0 Å². The number of terminal acetylenes is 2. The van der Waals surface area contributed by atoms with Crippen molar-refractivity contribution in [2.75, 3.05) is 6.61 Å². The van der Waals surface area contributed by atoms with Gasteiger partial charge in [0.2, 0.25) is 0 Å². The van der Waals surface area contributed by atoms with Crippen LogP contribution in [0.15, 0.2) is 97.1 Å². The Bertz CT molecular complexity index is 1410. The monoisotopic (exact) mass is 502 g/mol. The topological polar surface area (TPSA) is 9.23 Å². The van der Waals surface area contributed by atoms with Gasteiger partial charge in [-0.3, -0.25) is 0 Å². The summed E-state index contributed by atoms with van der Waals surface area (Å²) in [5, 5.41) is 2.76. The van der Waals surface area contributed by atoms with Gasteiger partial charge in [-0.15, -0.1) is 24.2 Å². The lowest BCUT2D eigenvalue weighted by Gasteiger charge is -2.04. The van der Waals surface area contributed by atoms with Crippen molar-refractivity contribution in [3.8, 4) is 30.4 Å². The smallest absolute Gasteiger partial charge is 0.119 e. The molecule has 0 saturated heterocycles. The maximum absolute atomic E-state index is 5.51. The molecule has 0 bridgehead atoms. The van der Waals surface area contributed by atoms with Crippen LogP contribution in [0.5, 0.6) is 5.75 Å². The molecule has 0 fully saturated rings. The van der Waals surface area contributed by atoms with Gasteiger partial charge in [-0.05, 0) is 60.9 Å². The second-order valence-corrected chi connectivity index (χ2v) is 9.56. The summed E-state index contributed by atoms with van der Waals surface area (Å²) in [7, 11) is 0. The van der Waals surface area contributed by atoms with E-state index in [2.05, 4.69) is 74.2 Å². The SMILES string of the molecule is C#Cc1ccc(C#C)c(CC)c1.CCCCCOc1ccccc1.c1ccc2c(c1)sc1ccccc12. The van der Waals surface area contributed by atoms with Crippen LogP contribution in [0, 0.1) is 24.7 Å². The molecular weight excluding hydrogens is 468 g/mol. The predicted molar refractivity (Wildman–Crippen MR) is 162 cm³/mol. The summed E-state index contributed by atoms with van der Waals surface area (Å²) in [4.78, 5) is 0. The van der Waals surface area contributed by atoms with Crippen molar-refractivity contribution in [2.24, 2.45) is 0 Å². The molecule has 186 valence electrons. The van der Waals surface area contributed by atoms with Crippen LogP contribution in [0.25, 0.3) is 20.2 Å². The Balaban J connectivity index is 0.000000155. The highest BCUT2D eigenvalue weighted by molar-refractivity contribution is 7.25. The molecule has 0 atom stereocenters. The molecule has 1 aromatic heterocycles. The van der Waals surface area contributed by atoms with Crippen molar-refractivity contribution < 1.29 is 4.74 Å². The first kappa shape index (κ1) is 27.6. The minimum atomic E-state index is 0.845. The summed E-state index contributed by atoms with van der Waals surface area (Å²) in [5.74, 6) is 6.19. The van der Waals surface area contributed by atoms with E-state index in [1.807, 2.05) is 59.9 Å². The standard InChI is InChI=1S/C12H8S.C12H10.C11H16O/c1-3-7-11-9(5-1)10-6-2-4-8-12(10)13-11;1-4-10-7-8-11(5-2)12(6-3)9-10;1-2-3-7-10-12-11-8-5-4-6-9-11/h1-8H;1-2,7-9H,6H2,3H3;4-6,8-9H,2-3,7,10H2,1H3. The largest absolute Gasteiger partial charge is 0.494 e. The third-order valence-electron chi connectivity index (χ3n) is 5.85. The number of rotatable bonds is 6. The molecule has 0 aliphatic heterocycles. The molecule has 0 spiro atoms. The summed E-state index contributed by atoms with van der Waals surface area (Å²) in [6, 6.07) is 32.8. The first-order valence-electron chi connectivity index (χ1n) is 12.8. The van der Waals surface area contributed by atoms with Gasteiger partial charge in [0.05, 0.1) is 6.61 Å². The fraction of sp³-hybridized carbons (Fsp3) is 0.200. The molecule has 0 N–H and O–H groups in total. The molecule has 1 heterocycles. The van der Waals surface area contributed by atoms with Crippen LogP contribution in [0.4, 0.5) is 0 Å². The van der Waals surface area contributed by atoms with E-state index in [1.54, 1.807) is 0 Å². The van der Waals surface area contributed by atoms with Gasteiger partial charge >= 0.3 is 0 Å². The number of fused-ring (bicyclic) bond motifs is 3. The maximum atomic E-state index is 5.51.